The van der Waals surface area contributed by atoms with Crippen molar-refractivity contribution in [3.63, 3.8) is 0 Å². The van der Waals surface area contributed by atoms with Gasteiger partial charge in [-0.1, -0.05) is 103 Å². The van der Waals surface area contributed by atoms with Crippen LogP contribution in [0.5, 0.6) is 0 Å². The van der Waals surface area contributed by atoms with E-state index in [0.29, 0.717) is 19.6 Å². The molecule has 0 aliphatic carbocycles. The van der Waals surface area contributed by atoms with Crippen LogP contribution < -0.4 is 11.4 Å². The first-order chi connectivity index (χ1) is 19.0. The molecule has 1 fully saturated rings. The van der Waals surface area contributed by atoms with Crippen molar-refractivity contribution in [1.82, 2.24) is 9.55 Å². The van der Waals surface area contributed by atoms with Crippen LogP contribution in [0.15, 0.2) is 17.1 Å². The number of anilines is 1. The molecule has 2 heterocycles. The van der Waals surface area contributed by atoms with Gasteiger partial charge in [0.2, 0.25) is 0 Å². The summed E-state index contributed by atoms with van der Waals surface area (Å²) in [5, 5.41) is 0. The number of hydrogen-bond donors (Lipinski definition) is 1. The zero-order valence-corrected chi connectivity index (χ0v) is 25.3. The SMILES string of the molecule is CCCCCCCCCCCCCCCCCCOCCCOP1(=O)CO[C@@H](Cn2ccc(N)nc2=O)CO1. The smallest absolute Gasteiger partial charge is 0.356 e. The molecule has 1 aliphatic heterocycles. The fourth-order valence-electron chi connectivity index (χ4n) is 4.68. The minimum atomic E-state index is -3.27. The van der Waals surface area contributed by atoms with E-state index in [1.54, 1.807) is 12.3 Å². The topological polar surface area (TPSA) is 115 Å². The third-order valence-electron chi connectivity index (χ3n) is 7.08. The standard InChI is InChI=1S/C29H54N3O6P/c1-2-3-4-5-6-7-8-9-10-11-12-13-14-15-16-17-21-35-22-18-23-37-39(34)26-36-27(25-38-39)24-32-20-19-28(30)31-29(32)33/h19-20,27H,2-18,21-26H2,1H3,(H2,30,31,33)/t27-,39?/m0/s1. The average molecular weight is 572 g/mol. The average Bonchev–Trinajstić information content (AvgIpc) is 2.92. The lowest BCUT2D eigenvalue weighted by molar-refractivity contribution is -0.0154. The Labute approximate surface area is 236 Å². The molecule has 0 bridgehead atoms. The van der Waals surface area contributed by atoms with Gasteiger partial charge in [0, 0.05) is 19.4 Å². The third-order valence-corrected chi connectivity index (χ3v) is 8.67. The Kier molecular flexibility index (Phi) is 18.7. The number of aromatic nitrogens is 2. The first kappa shape index (κ1) is 34.0. The molecule has 9 nitrogen and oxygen atoms in total. The summed E-state index contributed by atoms with van der Waals surface area (Å²) >= 11 is 0. The Morgan fingerprint density at radius 2 is 1.46 bits per heavy atom. The molecular weight excluding hydrogens is 517 g/mol. The zero-order valence-electron chi connectivity index (χ0n) is 24.4. The molecule has 0 radical (unpaired) electrons. The van der Waals surface area contributed by atoms with E-state index in [4.69, 9.17) is 24.3 Å². The van der Waals surface area contributed by atoms with Crippen LogP contribution in [-0.4, -0.2) is 48.4 Å². The number of hydrogen-bond acceptors (Lipinski definition) is 8. The fourth-order valence-corrected chi connectivity index (χ4v) is 6.10. The predicted molar refractivity (Wildman–Crippen MR) is 157 cm³/mol. The number of nitrogens with zero attached hydrogens (tertiary/aromatic N) is 2. The van der Waals surface area contributed by atoms with Gasteiger partial charge < -0.3 is 24.3 Å². The van der Waals surface area contributed by atoms with Gasteiger partial charge in [0.15, 0.2) is 0 Å². The van der Waals surface area contributed by atoms with Crippen molar-refractivity contribution < 1.29 is 23.1 Å². The largest absolute Gasteiger partial charge is 0.383 e. The van der Waals surface area contributed by atoms with Crippen LogP contribution in [0.3, 0.4) is 0 Å². The molecule has 2 rings (SSSR count). The van der Waals surface area contributed by atoms with E-state index >= 15 is 0 Å². The maximum atomic E-state index is 12.6. The number of rotatable bonds is 24. The van der Waals surface area contributed by atoms with E-state index in [1.807, 2.05) is 0 Å². The quantitative estimate of drug-likeness (QED) is 0.103. The summed E-state index contributed by atoms with van der Waals surface area (Å²) < 4.78 is 36.3. The predicted octanol–water partition coefficient (Wildman–Crippen LogP) is 7.08. The molecule has 2 N–H and O–H groups in total. The lowest BCUT2D eigenvalue weighted by atomic mass is 10.0. The lowest BCUT2D eigenvalue weighted by Crippen LogP contribution is -2.35. The molecular formula is C29H54N3O6P. The second-order valence-electron chi connectivity index (χ2n) is 10.7. The van der Waals surface area contributed by atoms with Crippen molar-refractivity contribution in [2.75, 3.05) is 38.5 Å². The molecule has 39 heavy (non-hydrogen) atoms. The van der Waals surface area contributed by atoms with Gasteiger partial charge in [0.05, 0.1) is 19.8 Å². The van der Waals surface area contributed by atoms with Gasteiger partial charge in [0.1, 0.15) is 18.3 Å². The Morgan fingerprint density at radius 3 is 2.00 bits per heavy atom. The van der Waals surface area contributed by atoms with Crippen LogP contribution in [0.25, 0.3) is 0 Å². The highest BCUT2D eigenvalue weighted by molar-refractivity contribution is 7.53. The highest BCUT2D eigenvalue weighted by atomic mass is 31.2. The summed E-state index contributed by atoms with van der Waals surface area (Å²) in [4.78, 5) is 15.5. The third kappa shape index (κ3) is 16.6. The minimum Gasteiger partial charge on any atom is -0.383 e. The van der Waals surface area contributed by atoms with Crippen molar-refractivity contribution in [3.8, 4) is 0 Å². The van der Waals surface area contributed by atoms with Crippen LogP contribution in [-0.2, 0) is 29.6 Å². The lowest BCUT2D eigenvalue weighted by Gasteiger charge is -2.29. The summed E-state index contributed by atoms with van der Waals surface area (Å²) in [5.41, 5.74) is 5.04. The molecule has 0 amide bonds. The normalized spacial score (nSPS) is 19.5. The van der Waals surface area contributed by atoms with Gasteiger partial charge in [-0.15, -0.1) is 0 Å². The van der Waals surface area contributed by atoms with Crippen molar-refractivity contribution in [3.05, 3.63) is 22.7 Å². The molecule has 226 valence electrons. The first-order valence-electron chi connectivity index (χ1n) is 15.4. The van der Waals surface area contributed by atoms with Gasteiger partial charge in [-0.3, -0.25) is 9.13 Å². The van der Waals surface area contributed by atoms with E-state index < -0.39 is 19.4 Å². The molecule has 0 aromatic carbocycles. The van der Waals surface area contributed by atoms with E-state index in [9.17, 15) is 9.36 Å². The number of nitrogen functional groups attached to an aromatic ring is 1. The summed E-state index contributed by atoms with van der Waals surface area (Å²) in [6, 6.07) is 1.54. The van der Waals surface area contributed by atoms with Gasteiger partial charge in [-0.2, -0.15) is 4.98 Å². The summed E-state index contributed by atoms with van der Waals surface area (Å²) in [7, 11) is -3.27. The molecule has 1 aliphatic rings. The van der Waals surface area contributed by atoms with Crippen LogP contribution in [0.4, 0.5) is 5.82 Å². The maximum absolute atomic E-state index is 12.6. The van der Waals surface area contributed by atoms with E-state index in [2.05, 4.69) is 11.9 Å². The van der Waals surface area contributed by atoms with Crippen LogP contribution in [0.2, 0.25) is 0 Å². The van der Waals surface area contributed by atoms with Crippen LogP contribution in [0, 0.1) is 0 Å². The van der Waals surface area contributed by atoms with Crippen molar-refractivity contribution in [1.29, 1.82) is 0 Å². The number of nitrogens with two attached hydrogens (primary N) is 1. The van der Waals surface area contributed by atoms with Gasteiger partial charge >= 0.3 is 13.3 Å². The Bertz CT molecular complexity index is 841. The molecule has 1 unspecified atom stereocenters. The highest BCUT2D eigenvalue weighted by Crippen LogP contribution is 2.50. The maximum Gasteiger partial charge on any atom is 0.356 e. The molecule has 1 saturated heterocycles. The Balaban J connectivity index is 1.32. The molecule has 0 spiro atoms. The van der Waals surface area contributed by atoms with E-state index in [-0.39, 0.29) is 25.3 Å². The summed E-state index contributed by atoms with van der Waals surface area (Å²) in [5.74, 6) is 0.170. The van der Waals surface area contributed by atoms with Crippen molar-refractivity contribution in [2.45, 2.75) is 129 Å². The Hall–Kier alpha value is -1.25. The highest BCUT2D eigenvalue weighted by Gasteiger charge is 2.33. The second kappa shape index (κ2) is 21.5. The van der Waals surface area contributed by atoms with Gasteiger partial charge in [-0.05, 0) is 18.9 Å². The fraction of sp³-hybridized carbons (Fsp3) is 0.862. The summed E-state index contributed by atoms with van der Waals surface area (Å²) in [6.45, 7) is 4.25. The first-order valence-corrected chi connectivity index (χ1v) is 17.2. The number of unbranched alkanes of at least 4 members (excludes halogenated alkanes) is 15. The van der Waals surface area contributed by atoms with Gasteiger partial charge in [-0.25, -0.2) is 4.79 Å². The van der Waals surface area contributed by atoms with Crippen LogP contribution in [0.1, 0.15) is 116 Å². The minimum absolute atomic E-state index is 0.0872. The van der Waals surface area contributed by atoms with Crippen molar-refractivity contribution in [2.24, 2.45) is 0 Å². The number of ether oxygens (including phenoxy) is 2. The van der Waals surface area contributed by atoms with Crippen molar-refractivity contribution >= 4 is 13.4 Å². The zero-order chi connectivity index (χ0) is 28.0. The van der Waals surface area contributed by atoms with E-state index in [0.717, 1.165) is 13.0 Å². The Morgan fingerprint density at radius 1 is 0.897 bits per heavy atom. The van der Waals surface area contributed by atoms with Gasteiger partial charge in [0.25, 0.3) is 0 Å². The molecule has 0 saturated carbocycles. The van der Waals surface area contributed by atoms with Crippen LogP contribution >= 0.6 is 7.60 Å². The monoisotopic (exact) mass is 571 g/mol. The molecule has 1 aromatic heterocycles. The molecule has 2 atom stereocenters. The summed E-state index contributed by atoms with van der Waals surface area (Å²) in [6.07, 6.45) is 23.4. The second-order valence-corrected chi connectivity index (χ2v) is 12.7. The molecule has 1 aromatic rings. The van der Waals surface area contributed by atoms with E-state index in [1.165, 1.54) is 101 Å². The molecule has 10 heteroatoms.